The Morgan fingerprint density at radius 2 is 2.06 bits per heavy atom. The second kappa shape index (κ2) is 8.52. The smallest absolute Gasteiger partial charge is 0.405 e. The van der Waals surface area contributed by atoms with Gasteiger partial charge in [-0.2, -0.15) is 0 Å². The van der Waals surface area contributed by atoms with Crippen molar-refractivity contribution in [1.29, 1.82) is 0 Å². The number of carbonyl (C=O) groups is 1. The van der Waals surface area contributed by atoms with Crippen LogP contribution in [0.2, 0.25) is 0 Å². The molecule has 2 fully saturated rings. The van der Waals surface area contributed by atoms with Crippen molar-refractivity contribution in [3.8, 4) is 5.75 Å². The van der Waals surface area contributed by atoms with Gasteiger partial charge in [-0.15, -0.1) is 13.2 Å². The van der Waals surface area contributed by atoms with Gasteiger partial charge in [0, 0.05) is 30.4 Å². The number of nitrogen functional groups attached to an aromatic ring is 1. The topological polar surface area (TPSA) is 137 Å². The number of anilines is 2. The van der Waals surface area contributed by atoms with Crippen molar-refractivity contribution in [2.24, 2.45) is 5.73 Å². The van der Waals surface area contributed by atoms with Crippen molar-refractivity contribution in [1.82, 2.24) is 24.8 Å². The summed E-state index contributed by atoms with van der Waals surface area (Å²) in [6.45, 7) is 0.762. The second-order valence-corrected chi connectivity index (χ2v) is 9.60. The molecule has 14 heteroatoms. The van der Waals surface area contributed by atoms with Crippen LogP contribution < -0.4 is 26.4 Å². The highest BCUT2D eigenvalue weighted by Gasteiger charge is 2.43. The van der Waals surface area contributed by atoms with E-state index in [1.807, 2.05) is 4.90 Å². The molecule has 1 atom stereocenters. The lowest BCUT2D eigenvalue weighted by Gasteiger charge is -2.27. The standard InChI is InChI=1S/C21H22BrF3N8O2/c22-15-12(7-33-10-30-16-17(26)28-9-29-18(16)33)13(3-4-14(15)35-21(23,24)25)32-6-5-20(27,8-32)19(34)31-11-1-2-11/h3-4,9-11H,1-2,5-8,27H2,(H,31,34)(H2,26,28,29)/t20-/m1/s1. The maximum Gasteiger partial charge on any atom is 0.573 e. The van der Waals surface area contributed by atoms with Gasteiger partial charge >= 0.3 is 6.36 Å². The Hall–Kier alpha value is -3.13. The molecule has 1 aliphatic heterocycles. The molecule has 3 heterocycles. The molecule has 1 amide bonds. The van der Waals surface area contributed by atoms with Gasteiger partial charge in [-0.3, -0.25) is 4.79 Å². The van der Waals surface area contributed by atoms with Crippen LogP contribution >= 0.6 is 15.9 Å². The summed E-state index contributed by atoms with van der Waals surface area (Å²) >= 11 is 3.30. The zero-order valence-corrected chi connectivity index (χ0v) is 19.9. The first kappa shape index (κ1) is 23.6. The van der Waals surface area contributed by atoms with Crippen molar-refractivity contribution in [3.05, 3.63) is 34.8 Å². The molecule has 1 saturated heterocycles. The van der Waals surface area contributed by atoms with Crippen LogP contribution in [0.15, 0.2) is 29.3 Å². The summed E-state index contributed by atoms with van der Waals surface area (Å²) in [5, 5.41) is 2.95. The lowest BCUT2D eigenvalue weighted by molar-refractivity contribution is -0.274. The van der Waals surface area contributed by atoms with Gasteiger partial charge in [-0.05, 0) is 47.3 Å². The molecule has 0 spiro atoms. The number of carbonyl (C=O) groups excluding carboxylic acids is 1. The molecule has 5 N–H and O–H groups in total. The van der Waals surface area contributed by atoms with Crippen LogP contribution in [0, 0.1) is 0 Å². The van der Waals surface area contributed by atoms with E-state index in [2.05, 4.69) is 40.9 Å². The lowest BCUT2D eigenvalue weighted by atomic mass is 9.99. The maximum atomic E-state index is 13.0. The molecule has 0 bridgehead atoms. The van der Waals surface area contributed by atoms with E-state index in [1.165, 1.54) is 24.8 Å². The predicted molar refractivity (Wildman–Crippen MR) is 125 cm³/mol. The summed E-state index contributed by atoms with van der Waals surface area (Å²) in [5.74, 6) is -0.413. The summed E-state index contributed by atoms with van der Waals surface area (Å²) in [4.78, 5) is 27.0. The van der Waals surface area contributed by atoms with Crippen LogP contribution in [-0.4, -0.2) is 56.5 Å². The molecule has 10 nitrogen and oxygen atoms in total. The Balaban J connectivity index is 1.51. The number of benzene rings is 1. The Bertz CT molecular complexity index is 1300. The molecule has 2 aliphatic rings. The third-order valence-electron chi connectivity index (χ3n) is 6.17. The normalized spacial score (nSPS) is 20.4. The van der Waals surface area contributed by atoms with E-state index in [-0.39, 0.29) is 41.1 Å². The zero-order chi connectivity index (χ0) is 25.0. The number of nitrogens with one attached hydrogen (secondary N) is 1. The molecule has 5 rings (SSSR count). The maximum absolute atomic E-state index is 13.0. The number of rotatable bonds is 6. The van der Waals surface area contributed by atoms with E-state index < -0.39 is 11.9 Å². The van der Waals surface area contributed by atoms with Crippen molar-refractivity contribution >= 4 is 44.5 Å². The van der Waals surface area contributed by atoms with E-state index in [1.54, 1.807) is 4.57 Å². The molecule has 35 heavy (non-hydrogen) atoms. The van der Waals surface area contributed by atoms with E-state index in [0.29, 0.717) is 35.4 Å². The van der Waals surface area contributed by atoms with Gasteiger partial charge in [0.2, 0.25) is 5.91 Å². The second-order valence-electron chi connectivity index (χ2n) is 8.80. The predicted octanol–water partition coefficient (Wildman–Crippen LogP) is 2.30. The minimum Gasteiger partial charge on any atom is -0.405 e. The minimum absolute atomic E-state index is 0.0975. The number of hydrogen-bond donors (Lipinski definition) is 3. The highest BCUT2D eigenvalue weighted by Crippen LogP contribution is 2.40. The first-order valence-corrected chi connectivity index (χ1v) is 11.7. The van der Waals surface area contributed by atoms with Gasteiger partial charge in [0.1, 0.15) is 23.1 Å². The summed E-state index contributed by atoms with van der Waals surface area (Å²) in [7, 11) is 0. The highest BCUT2D eigenvalue weighted by atomic mass is 79.9. The van der Waals surface area contributed by atoms with Gasteiger partial charge in [0.15, 0.2) is 11.5 Å². The van der Waals surface area contributed by atoms with Gasteiger partial charge in [-0.25, -0.2) is 15.0 Å². The third kappa shape index (κ3) is 4.72. The number of aromatic nitrogens is 4. The van der Waals surface area contributed by atoms with Gasteiger partial charge < -0.3 is 31.0 Å². The van der Waals surface area contributed by atoms with Gasteiger partial charge in [0.25, 0.3) is 0 Å². The number of fused-ring (bicyclic) bond motifs is 1. The minimum atomic E-state index is -4.87. The highest BCUT2D eigenvalue weighted by molar-refractivity contribution is 9.10. The van der Waals surface area contributed by atoms with Crippen molar-refractivity contribution in [2.45, 2.75) is 43.8 Å². The van der Waals surface area contributed by atoms with Crippen LogP contribution in [-0.2, 0) is 11.3 Å². The molecular weight excluding hydrogens is 533 g/mol. The van der Waals surface area contributed by atoms with Crippen molar-refractivity contribution < 1.29 is 22.7 Å². The van der Waals surface area contributed by atoms with Gasteiger partial charge in [0.05, 0.1) is 17.3 Å². The van der Waals surface area contributed by atoms with Gasteiger partial charge in [-0.1, -0.05) is 0 Å². The number of hydrogen-bond acceptors (Lipinski definition) is 8. The van der Waals surface area contributed by atoms with Crippen LogP contribution in [0.1, 0.15) is 24.8 Å². The van der Waals surface area contributed by atoms with E-state index in [4.69, 9.17) is 11.5 Å². The van der Waals surface area contributed by atoms with Crippen molar-refractivity contribution in [2.75, 3.05) is 23.7 Å². The molecule has 1 saturated carbocycles. The van der Waals surface area contributed by atoms with Crippen molar-refractivity contribution in [3.63, 3.8) is 0 Å². The summed E-state index contributed by atoms with van der Waals surface area (Å²) in [6, 6.07) is 2.95. The Labute approximate surface area is 206 Å². The molecule has 1 aromatic carbocycles. The largest absolute Gasteiger partial charge is 0.573 e. The van der Waals surface area contributed by atoms with Crippen LogP contribution in [0.3, 0.4) is 0 Å². The number of ether oxygens (including phenoxy) is 1. The lowest BCUT2D eigenvalue weighted by Crippen LogP contribution is -2.56. The summed E-state index contributed by atoms with van der Waals surface area (Å²) in [6.07, 6.45) is 0.194. The molecule has 186 valence electrons. The van der Waals surface area contributed by atoms with E-state index >= 15 is 0 Å². The Kier molecular flexibility index (Phi) is 5.74. The molecule has 3 aromatic rings. The average molecular weight is 555 g/mol. The number of alkyl halides is 3. The fourth-order valence-electron chi connectivity index (χ4n) is 4.21. The monoisotopic (exact) mass is 554 g/mol. The molecule has 2 aromatic heterocycles. The first-order valence-electron chi connectivity index (χ1n) is 10.9. The number of imidazole rings is 1. The van der Waals surface area contributed by atoms with E-state index in [0.717, 1.165) is 12.8 Å². The number of nitrogens with zero attached hydrogens (tertiary/aromatic N) is 5. The van der Waals surface area contributed by atoms with Crippen LogP contribution in [0.25, 0.3) is 11.2 Å². The fraction of sp³-hybridized carbons (Fsp3) is 0.429. The number of nitrogens with two attached hydrogens (primary N) is 2. The Morgan fingerprint density at radius 3 is 2.77 bits per heavy atom. The third-order valence-corrected chi connectivity index (χ3v) is 7.04. The number of amides is 1. The summed E-state index contributed by atoms with van der Waals surface area (Å²) < 4.78 is 45.1. The first-order chi connectivity index (χ1) is 16.5. The quantitative estimate of drug-likeness (QED) is 0.422. The van der Waals surface area contributed by atoms with Crippen LogP contribution in [0.4, 0.5) is 24.7 Å². The fourth-order valence-corrected chi connectivity index (χ4v) is 4.75. The molecule has 1 aliphatic carbocycles. The molecule has 0 radical (unpaired) electrons. The van der Waals surface area contributed by atoms with E-state index in [9.17, 15) is 18.0 Å². The molecular formula is C21H22BrF3N8O2. The molecule has 0 unspecified atom stereocenters. The Morgan fingerprint density at radius 1 is 1.29 bits per heavy atom. The SMILES string of the molecule is Nc1ncnc2c1ncn2Cc1c(N2CC[C@](N)(C(=O)NC3CC3)C2)ccc(OC(F)(F)F)c1Br. The zero-order valence-electron chi connectivity index (χ0n) is 18.3. The number of halogens is 4. The summed E-state index contributed by atoms with van der Waals surface area (Å²) in [5.41, 5.74) is 13.1. The average Bonchev–Trinajstić information content (AvgIpc) is 3.36. The van der Waals surface area contributed by atoms with Crippen LogP contribution in [0.5, 0.6) is 5.75 Å².